The molecule has 1 heterocycles. The van der Waals surface area contributed by atoms with Gasteiger partial charge < -0.3 is 5.73 Å². The molecule has 90 valence electrons. The van der Waals surface area contributed by atoms with Crippen molar-refractivity contribution in [2.75, 3.05) is 0 Å². The van der Waals surface area contributed by atoms with Gasteiger partial charge in [0, 0.05) is 21.4 Å². The Morgan fingerprint density at radius 3 is 2.71 bits per heavy atom. The standard InChI is InChI=1S/C14H16FNS/c1-3-12(16)13-8-9(2)14(17-13)10-6-4-5-7-11(10)15/h4-8,12H,3,16H2,1-2H3. The second-order valence-corrected chi connectivity index (χ2v) is 5.24. The average molecular weight is 249 g/mol. The van der Waals surface area contributed by atoms with Gasteiger partial charge in [0.15, 0.2) is 0 Å². The first-order valence-corrected chi connectivity index (χ1v) is 6.56. The number of nitrogens with two attached hydrogens (primary N) is 1. The van der Waals surface area contributed by atoms with Crippen LogP contribution in [-0.4, -0.2) is 0 Å². The molecule has 1 nitrogen and oxygen atoms in total. The molecule has 0 saturated heterocycles. The van der Waals surface area contributed by atoms with Gasteiger partial charge in [-0.1, -0.05) is 25.1 Å². The largest absolute Gasteiger partial charge is 0.323 e. The van der Waals surface area contributed by atoms with E-state index in [1.54, 1.807) is 17.4 Å². The zero-order chi connectivity index (χ0) is 12.4. The lowest BCUT2D eigenvalue weighted by Crippen LogP contribution is -2.05. The molecule has 1 aromatic heterocycles. The summed E-state index contributed by atoms with van der Waals surface area (Å²) in [5.41, 5.74) is 7.78. The highest BCUT2D eigenvalue weighted by atomic mass is 32.1. The predicted molar refractivity (Wildman–Crippen MR) is 71.7 cm³/mol. The van der Waals surface area contributed by atoms with E-state index in [9.17, 15) is 4.39 Å². The van der Waals surface area contributed by atoms with Crippen LogP contribution in [0, 0.1) is 12.7 Å². The van der Waals surface area contributed by atoms with Crippen LogP contribution in [0.5, 0.6) is 0 Å². The van der Waals surface area contributed by atoms with Gasteiger partial charge in [-0.3, -0.25) is 0 Å². The van der Waals surface area contributed by atoms with E-state index < -0.39 is 0 Å². The Hall–Kier alpha value is -1.19. The zero-order valence-electron chi connectivity index (χ0n) is 10.0. The minimum atomic E-state index is -0.172. The first-order chi connectivity index (χ1) is 8.13. The highest BCUT2D eigenvalue weighted by molar-refractivity contribution is 7.15. The number of hydrogen-bond donors (Lipinski definition) is 1. The molecule has 0 aliphatic carbocycles. The van der Waals surface area contributed by atoms with Crippen LogP contribution in [0.4, 0.5) is 4.39 Å². The van der Waals surface area contributed by atoms with E-state index in [0.29, 0.717) is 5.56 Å². The van der Waals surface area contributed by atoms with Gasteiger partial charge >= 0.3 is 0 Å². The Kier molecular flexibility index (Phi) is 3.60. The Bertz CT molecular complexity index is 519. The maximum absolute atomic E-state index is 13.7. The van der Waals surface area contributed by atoms with Crippen molar-refractivity contribution >= 4 is 11.3 Å². The maximum atomic E-state index is 13.7. The molecule has 1 atom stereocenters. The molecule has 1 aromatic carbocycles. The number of hydrogen-bond acceptors (Lipinski definition) is 2. The van der Waals surface area contributed by atoms with Gasteiger partial charge in [0.25, 0.3) is 0 Å². The van der Waals surface area contributed by atoms with Gasteiger partial charge in [-0.05, 0) is 31.0 Å². The molecule has 2 aromatic rings. The van der Waals surface area contributed by atoms with Crippen LogP contribution < -0.4 is 5.73 Å². The van der Waals surface area contributed by atoms with Gasteiger partial charge in [-0.2, -0.15) is 0 Å². The second-order valence-electron chi connectivity index (χ2n) is 4.16. The summed E-state index contributed by atoms with van der Waals surface area (Å²) in [6.07, 6.45) is 0.899. The summed E-state index contributed by atoms with van der Waals surface area (Å²) in [7, 11) is 0. The number of thiophene rings is 1. The van der Waals surface area contributed by atoms with Crippen molar-refractivity contribution < 1.29 is 4.39 Å². The third-order valence-electron chi connectivity index (χ3n) is 2.86. The zero-order valence-corrected chi connectivity index (χ0v) is 10.9. The van der Waals surface area contributed by atoms with E-state index in [0.717, 1.165) is 21.7 Å². The van der Waals surface area contributed by atoms with Crippen molar-refractivity contribution in [3.63, 3.8) is 0 Å². The SMILES string of the molecule is CCC(N)c1cc(C)c(-c2ccccc2F)s1. The van der Waals surface area contributed by atoms with Crippen LogP contribution in [-0.2, 0) is 0 Å². The van der Waals surface area contributed by atoms with Gasteiger partial charge in [-0.15, -0.1) is 11.3 Å². The molecule has 2 N–H and O–H groups in total. The predicted octanol–water partition coefficient (Wildman–Crippen LogP) is 4.27. The quantitative estimate of drug-likeness (QED) is 0.863. The number of rotatable bonds is 3. The summed E-state index contributed by atoms with van der Waals surface area (Å²) >= 11 is 1.59. The van der Waals surface area contributed by atoms with Crippen molar-refractivity contribution in [2.45, 2.75) is 26.3 Å². The van der Waals surface area contributed by atoms with Crippen molar-refractivity contribution in [1.29, 1.82) is 0 Å². The number of halogens is 1. The van der Waals surface area contributed by atoms with Gasteiger partial charge in [0.1, 0.15) is 5.82 Å². The van der Waals surface area contributed by atoms with Crippen LogP contribution in [0.2, 0.25) is 0 Å². The average Bonchev–Trinajstić information content (AvgIpc) is 2.71. The monoisotopic (exact) mass is 249 g/mol. The van der Waals surface area contributed by atoms with Crippen molar-refractivity contribution in [3.05, 3.63) is 46.6 Å². The fourth-order valence-corrected chi connectivity index (χ4v) is 3.09. The summed E-state index contributed by atoms with van der Waals surface area (Å²) in [6, 6.07) is 9.00. The van der Waals surface area contributed by atoms with Crippen molar-refractivity contribution in [1.82, 2.24) is 0 Å². The molecular weight excluding hydrogens is 233 g/mol. The molecular formula is C14H16FNS. The number of benzene rings is 1. The molecule has 0 aliphatic heterocycles. The Morgan fingerprint density at radius 2 is 2.06 bits per heavy atom. The van der Waals surface area contributed by atoms with E-state index in [1.165, 1.54) is 6.07 Å². The normalized spacial score (nSPS) is 12.7. The summed E-state index contributed by atoms with van der Waals surface area (Å²) in [5.74, 6) is -0.172. The van der Waals surface area contributed by atoms with Crippen molar-refractivity contribution in [2.24, 2.45) is 5.73 Å². The molecule has 0 spiro atoms. The van der Waals surface area contributed by atoms with Crippen LogP contribution in [0.15, 0.2) is 30.3 Å². The molecule has 0 fully saturated rings. The highest BCUT2D eigenvalue weighted by Gasteiger charge is 2.14. The van der Waals surface area contributed by atoms with Gasteiger partial charge in [0.2, 0.25) is 0 Å². The smallest absolute Gasteiger partial charge is 0.131 e. The molecule has 0 saturated carbocycles. The lowest BCUT2D eigenvalue weighted by Gasteiger charge is -2.04. The molecule has 0 aliphatic rings. The second kappa shape index (κ2) is 4.98. The third kappa shape index (κ3) is 2.40. The lowest BCUT2D eigenvalue weighted by atomic mass is 10.1. The van der Waals surface area contributed by atoms with Crippen LogP contribution in [0.25, 0.3) is 10.4 Å². The molecule has 0 bridgehead atoms. The van der Waals surface area contributed by atoms with Crippen LogP contribution >= 0.6 is 11.3 Å². The first-order valence-electron chi connectivity index (χ1n) is 5.74. The Balaban J connectivity index is 2.47. The van der Waals surface area contributed by atoms with E-state index in [2.05, 4.69) is 13.0 Å². The summed E-state index contributed by atoms with van der Waals surface area (Å²) in [6.45, 7) is 4.06. The fourth-order valence-electron chi connectivity index (χ4n) is 1.80. The molecule has 0 radical (unpaired) electrons. The maximum Gasteiger partial charge on any atom is 0.131 e. The molecule has 1 unspecified atom stereocenters. The van der Waals surface area contributed by atoms with Crippen LogP contribution in [0.1, 0.15) is 29.8 Å². The van der Waals surface area contributed by atoms with Crippen molar-refractivity contribution in [3.8, 4) is 10.4 Å². The fraction of sp³-hybridized carbons (Fsp3) is 0.286. The molecule has 2 rings (SSSR count). The highest BCUT2D eigenvalue weighted by Crippen LogP contribution is 2.36. The summed E-state index contributed by atoms with van der Waals surface area (Å²) in [5, 5.41) is 0. The minimum absolute atomic E-state index is 0.0548. The van der Waals surface area contributed by atoms with Gasteiger partial charge in [0.05, 0.1) is 0 Å². The molecule has 3 heteroatoms. The van der Waals surface area contributed by atoms with E-state index >= 15 is 0 Å². The van der Waals surface area contributed by atoms with Crippen LogP contribution in [0.3, 0.4) is 0 Å². The minimum Gasteiger partial charge on any atom is -0.323 e. The summed E-state index contributed by atoms with van der Waals surface area (Å²) in [4.78, 5) is 2.12. The van der Waals surface area contributed by atoms with E-state index in [-0.39, 0.29) is 11.9 Å². The van der Waals surface area contributed by atoms with E-state index in [4.69, 9.17) is 5.73 Å². The Morgan fingerprint density at radius 1 is 1.35 bits per heavy atom. The summed E-state index contributed by atoms with van der Waals surface area (Å²) < 4.78 is 13.7. The lowest BCUT2D eigenvalue weighted by molar-refractivity contribution is 0.631. The van der Waals surface area contributed by atoms with Gasteiger partial charge in [-0.25, -0.2) is 4.39 Å². The first kappa shape index (κ1) is 12.3. The molecule has 17 heavy (non-hydrogen) atoms. The topological polar surface area (TPSA) is 26.0 Å². The Labute approximate surface area is 105 Å². The molecule has 0 amide bonds. The number of aryl methyl sites for hydroxylation is 1. The third-order valence-corrected chi connectivity index (χ3v) is 4.26. The van der Waals surface area contributed by atoms with E-state index in [1.807, 2.05) is 19.1 Å².